The standard InChI is InChI=1S/C13H14N2O3S/c16-8-7-12(13-2-1-9-19-13)14-10-3-5-11(6-4-10)15(17)18/h1-6,9,12,14,16H,7-8H2/t12-/m1/s1. The molecule has 6 heteroatoms. The van der Waals surface area contributed by atoms with E-state index in [0.717, 1.165) is 10.6 Å². The molecule has 0 saturated heterocycles. The first-order valence-corrected chi connectivity index (χ1v) is 6.74. The van der Waals surface area contributed by atoms with Crippen LogP contribution in [0.1, 0.15) is 17.3 Å². The van der Waals surface area contributed by atoms with E-state index >= 15 is 0 Å². The second-order valence-electron chi connectivity index (χ2n) is 4.03. The van der Waals surface area contributed by atoms with Crippen LogP contribution in [0.5, 0.6) is 0 Å². The highest BCUT2D eigenvalue weighted by atomic mass is 32.1. The van der Waals surface area contributed by atoms with E-state index in [0.29, 0.717) is 6.42 Å². The fourth-order valence-corrected chi connectivity index (χ4v) is 2.60. The van der Waals surface area contributed by atoms with E-state index in [2.05, 4.69) is 5.32 Å². The maximum absolute atomic E-state index is 10.6. The number of aliphatic hydroxyl groups is 1. The molecule has 2 rings (SSSR count). The second kappa shape index (κ2) is 6.31. The van der Waals surface area contributed by atoms with Gasteiger partial charge in [-0.2, -0.15) is 0 Å². The maximum Gasteiger partial charge on any atom is 0.269 e. The van der Waals surface area contributed by atoms with Gasteiger partial charge in [0.25, 0.3) is 5.69 Å². The highest BCUT2D eigenvalue weighted by Gasteiger charge is 2.12. The molecule has 5 nitrogen and oxygen atoms in total. The van der Waals surface area contributed by atoms with Crippen LogP contribution in [0.2, 0.25) is 0 Å². The van der Waals surface area contributed by atoms with Gasteiger partial charge in [0.1, 0.15) is 0 Å². The van der Waals surface area contributed by atoms with Crippen molar-refractivity contribution in [3.8, 4) is 0 Å². The van der Waals surface area contributed by atoms with E-state index in [9.17, 15) is 10.1 Å². The number of non-ortho nitro benzene ring substituents is 1. The zero-order valence-electron chi connectivity index (χ0n) is 10.2. The van der Waals surface area contributed by atoms with Gasteiger partial charge in [-0.1, -0.05) is 6.07 Å². The average Bonchev–Trinajstić information content (AvgIpc) is 2.92. The Hall–Kier alpha value is -1.92. The number of nitro groups is 1. The molecule has 0 radical (unpaired) electrons. The van der Waals surface area contributed by atoms with Crippen molar-refractivity contribution in [3.05, 3.63) is 56.8 Å². The molecular formula is C13H14N2O3S. The number of hydrogen-bond donors (Lipinski definition) is 2. The molecule has 1 heterocycles. The van der Waals surface area contributed by atoms with Crippen LogP contribution in [0.25, 0.3) is 0 Å². The lowest BCUT2D eigenvalue weighted by molar-refractivity contribution is -0.384. The van der Waals surface area contributed by atoms with Gasteiger partial charge in [-0.05, 0) is 30.0 Å². The van der Waals surface area contributed by atoms with Gasteiger partial charge in [-0.3, -0.25) is 10.1 Å². The zero-order chi connectivity index (χ0) is 13.7. The van der Waals surface area contributed by atoms with Crippen molar-refractivity contribution in [3.63, 3.8) is 0 Å². The lowest BCUT2D eigenvalue weighted by atomic mass is 10.1. The quantitative estimate of drug-likeness (QED) is 0.628. The third-order valence-corrected chi connectivity index (χ3v) is 3.71. The number of nitrogens with zero attached hydrogens (tertiary/aromatic N) is 1. The molecule has 0 aliphatic rings. The minimum atomic E-state index is -0.422. The predicted molar refractivity (Wildman–Crippen MR) is 75.5 cm³/mol. The van der Waals surface area contributed by atoms with E-state index in [1.54, 1.807) is 23.5 Å². The van der Waals surface area contributed by atoms with Gasteiger partial charge < -0.3 is 10.4 Å². The van der Waals surface area contributed by atoms with Gasteiger partial charge in [0.2, 0.25) is 0 Å². The normalized spacial score (nSPS) is 12.1. The average molecular weight is 278 g/mol. The molecule has 0 bridgehead atoms. The number of nitro benzene ring substituents is 1. The number of thiophene rings is 1. The van der Waals surface area contributed by atoms with Crippen LogP contribution in [0.15, 0.2) is 41.8 Å². The van der Waals surface area contributed by atoms with Crippen molar-refractivity contribution in [2.24, 2.45) is 0 Å². The summed E-state index contributed by atoms with van der Waals surface area (Å²) in [5.74, 6) is 0. The molecule has 0 aliphatic carbocycles. The first-order valence-electron chi connectivity index (χ1n) is 5.86. The molecule has 1 aromatic heterocycles. The number of nitrogens with one attached hydrogen (secondary N) is 1. The fourth-order valence-electron chi connectivity index (χ4n) is 1.78. The first-order chi connectivity index (χ1) is 9.20. The van der Waals surface area contributed by atoms with Crippen LogP contribution in [0.3, 0.4) is 0 Å². The topological polar surface area (TPSA) is 75.4 Å². The van der Waals surface area contributed by atoms with Crippen molar-refractivity contribution in [1.82, 2.24) is 0 Å². The Kier molecular flexibility index (Phi) is 4.48. The van der Waals surface area contributed by atoms with Gasteiger partial charge >= 0.3 is 0 Å². The highest BCUT2D eigenvalue weighted by Crippen LogP contribution is 2.27. The molecular weight excluding hydrogens is 264 g/mol. The zero-order valence-corrected chi connectivity index (χ0v) is 11.0. The summed E-state index contributed by atoms with van der Waals surface area (Å²) in [5.41, 5.74) is 0.873. The predicted octanol–water partition coefficient (Wildman–Crippen LogP) is 3.19. The molecule has 2 aromatic rings. The summed E-state index contributed by atoms with van der Waals surface area (Å²) in [6, 6.07) is 10.3. The van der Waals surface area contributed by atoms with E-state index in [1.165, 1.54) is 12.1 Å². The Bertz CT molecular complexity index is 525. The summed E-state index contributed by atoms with van der Waals surface area (Å²) < 4.78 is 0. The van der Waals surface area contributed by atoms with Crippen molar-refractivity contribution in [1.29, 1.82) is 0 Å². The number of benzene rings is 1. The van der Waals surface area contributed by atoms with Crippen molar-refractivity contribution < 1.29 is 10.0 Å². The molecule has 0 unspecified atom stereocenters. The summed E-state index contributed by atoms with van der Waals surface area (Å²) in [7, 11) is 0. The molecule has 100 valence electrons. The number of aliphatic hydroxyl groups excluding tert-OH is 1. The maximum atomic E-state index is 10.6. The Morgan fingerprint density at radius 1 is 1.32 bits per heavy atom. The van der Waals surface area contributed by atoms with E-state index in [4.69, 9.17) is 5.11 Å². The third-order valence-electron chi connectivity index (χ3n) is 2.72. The molecule has 19 heavy (non-hydrogen) atoms. The Morgan fingerprint density at radius 3 is 2.58 bits per heavy atom. The first kappa shape index (κ1) is 13.5. The lowest BCUT2D eigenvalue weighted by Crippen LogP contribution is -2.11. The molecule has 0 amide bonds. The lowest BCUT2D eigenvalue weighted by Gasteiger charge is -2.17. The summed E-state index contributed by atoms with van der Waals surface area (Å²) in [6.07, 6.45) is 0.595. The number of rotatable bonds is 6. The van der Waals surface area contributed by atoms with Crippen LogP contribution in [0.4, 0.5) is 11.4 Å². The third kappa shape index (κ3) is 3.52. The van der Waals surface area contributed by atoms with Crippen LogP contribution < -0.4 is 5.32 Å². The molecule has 0 aliphatic heterocycles. The monoisotopic (exact) mass is 278 g/mol. The van der Waals surface area contributed by atoms with Crippen LogP contribution >= 0.6 is 11.3 Å². The molecule has 0 saturated carbocycles. The van der Waals surface area contributed by atoms with Crippen LogP contribution in [-0.4, -0.2) is 16.6 Å². The van der Waals surface area contributed by atoms with Crippen molar-refractivity contribution in [2.45, 2.75) is 12.5 Å². The van der Waals surface area contributed by atoms with E-state index in [1.807, 2.05) is 17.5 Å². The Labute approximate surface area is 114 Å². The summed E-state index contributed by atoms with van der Waals surface area (Å²) in [5, 5.41) is 24.9. The van der Waals surface area contributed by atoms with Gasteiger partial charge in [0.05, 0.1) is 11.0 Å². The van der Waals surface area contributed by atoms with Crippen LogP contribution in [0, 0.1) is 10.1 Å². The minimum absolute atomic E-state index is 0.0199. The fraction of sp³-hybridized carbons (Fsp3) is 0.231. The van der Waals surface area contributed by atoms with E-state index in [-0.39, 0.29) is 18.3 Å². The van der Waals surface area contributed by atoms with E-state index < -0.39 is 4.92 Å². The Morgan fingerprint density at radius 2 is 2.05 bits per heavy atom. The summed E-state index contributed by atoms with van der Waals surface area (Å²) in [6.45, 7) is 0.0859. The van der Waals surface area contributed by atoms with Crippen molar-refractivity contribution >= 4 is 22.7 Å². The molecule has 2 N–H and O–H groups in total. The summed E-state index contributed by atoms with van der Waals surface area (Å²) in [4.78, 5) is 11.3. The number of hydrogen-bond acceptors (Lipinski definition) is 5. The Balaban J connectivity index is 2.11. The second-order valence-corrected chi connectivity index (χ2v) is 5.01. The minimum Gasteiger partial charge on any atom is -0.396 e. The van der Waals surface area contributed by atoms with Gasteiger partial charge in [0, 0.05) is 29.3 Å². The highest BCUT2D eigenvalue weighted by molar-refractivity contribution is 7.10. The SMILES string of the molecule is O=[N+]([O-])c1ccc(N[C@H](CCO)c2cccs2)cc1. The largest absolute Gasteiger partial charge is 0.396 e. The van der Waals surface area contributed by atoms with Gasteiger partial charge in [0.15, 0.2) is 0 Å². The molecule has 1 aromatic carbocycles. The van der Waals surface area contributed by atoms with Gasteiger partial charge in [-0.25, -0.2) is 0 Å². The van der Waals surface area contributed by atoms with Crippen LogP contribution in [-0.2, 0) is 0 Å². The molecule has 0 spiro atoms. The van der Waals surface area contributed by atoms with Gasteiger partial charge in [-0.15, -0.1) is 11.3 Å². The number of anilines is 1. The smallest absolute Gasteiger partial charge is 0.269 e. The molecule has 0 fully saturated rings. The summed E-state index contributed by atoms with van der Waals surface area (Å²) >= 11 is 1.62. The van der Waals surface area contributed by atoms with Crippen molar-refractivity contribution in [2.75, 3.05) is 11.9 Å². The molecule has 1 atom stereocenters.